The number of primary amides is 1. The van der Waals surface area contributed by atoms with Gasteiger partial charge >= 0.3 is 12.0 Å². The number of carbonyl (C=O) groups is 3. The second-order valence-corrected chi connectivity index (χ2v) is 4.20. The van der Waals surface area contributed by atoms with Crippen LogP contribution in [0, 0.1) is 11.3 Å². The van der Waals surface area contributed by atoms with Gasteiger partial charge in [0.1, 0.15) is 12.1 Å². The van der Waals surface area contributed by atoms with Crippen molar-refractivity contribution in [3.8, 4) is 6.07 Å². The van der Waals surface area contributed by atoms with Gasteiger partial charge in [0.2, 0.25) is 5.91 Å². The molecule has 0 heterocycles. The minimum absolute atomic E-state index is 0.261. The van der Waals surface area contributed by atoms with Crippen molar-refractivity contribution in [1.29, 1.82) is 5.26 Å². The van der Waals surface area contributed by atoms with Crippen LogP contribution in [0.3, 0.4) is 0 Å². The van der Waals surface area contributed by atoms with E-state index in [0.29, 0.717) is 5.69 Å². The molecule has 0 aromatic heterocycles. The lowest BCUT2D eigenvalue weighted by Crippen LogP contribution is -2.48. The Morgan fingerprint density at radius 3 is 2.57 bits per heavy atom. The molecule has 0 aliphatic rings. The van der Waals surface area contributed by atoms with Crippen LogP contribution in [-0.2, 0) is 9.59 Å². The molecular formula is C13H14N4O4. The van der Waals surface area contributed by atoms with Crippen LogP contribution in [0.15, 0.2) is 24.3 Å². The molecule has 0 spiro atoms. The van der Waals surface area contributed by atoms with Crippen molar-refractivity contribution in [3.63, 3.8) is 0 Å². The number of carbonyl (C=O) groups excluding carboxylic acids is 2. The van der Waals surface area contributed by atoms with E-state index >= 15 is 0 Å². The van der Waals surface area contributed by atoms with Crippen LogP contribution in [-0.4, -0.2) is 36.1 Å². The summed E-state index contributed by atoms with van der Waals surface area (Å²) in [4.78, 5) is 34.8. The third-order valence-corrected chi connectivity index (χ3v) is 2.69. The van der Waals surface area contributed by atoms with Gasteiger partial charge in [0, 0.05) is 7.05 Å². The van der Waals surface area contributed by atoms with Crippen LogP contribution < -0.4 is 16.0 Å². The molecule has 1 atom stereocenters. The maximum absolute atomic E-state index is 12.0. The summed E-state index contributed by atoms with van der Waals surface area (Å²) < 4.78 is 0. The van der Waals surface area contributed by atoms with Crippen molar-refractivity contribution in [1.82, 2.24) is 5.32 Å². The Balaban J connectivity index is 2.89. The summed E-state index contributed by atoms with van der Waals surface area (Å²) in [6.45, 7) is 0. The van der Waals surface area contributed by atoms with E-state index in [1.807, 2.05) is 6.07 Å². The van der Waals surface area contributed by atoms with Crippen molar-refractivity contribution >= 4 is 23.6 Å². The van der Waals surface area contributed by atoms with E-state index in [2.05, 4.69) is 5.32 Å². The summed E-state index contributed by atoms with van der Waals surface area (Å²) in [5, 5.41) is 20.1. The highest BCUT2D eigenvalue weighted by Gasteiger charge is 2.24. The zero-order chi connectivity index (χ0) is 16.0. The topological polar surface area (TPSA) is 137 Å². The van der Waals surface area contributed by atoms with Crippen LogP contribution in [0.25, 0.3) is 0 Å². The standard InChI is InChI=1S/C13H14N4O4/c1-17(10-5-3-2-4-8(10)7-14)13(21)16-9(12(19)20)6-11(15)18/h2-5,9H,6H2,1H3,(H2,15,18)(H,16,21)(H,19,20)/t9-/m0/s1. The number of amides is 3. The van der Waals surface area contributed by atoms with Gasteiger partial charge in [-0.2, -0.15) is 5.26 Å². The number of nitrogens with zero attached hydrogens (tertiary/aromatic N) is 2. The van der Waals surface area contributed by atoms with E-state index in [0.717, 1.165) is 4.90 Å². The van der Waals surface area contributed by atoms with E-state index in [-0.39, 0.29) is 5.56 Å². The fraction of sp³-hybridized carbons (Fsp3) is 0.231. The van der Waals surface area contributed by atoms with Gasteiger partial charge < -0.3 is 16.2 Å². The van der Waals surface area contributed by atoms with Gasteiger partial charge in [0.25, 0.3) is 0 Å². The lowest BCUT2D eigenvalue weighted by atomic mass is 10.2. The van der Waals surface area contributed by atoms with Gasteiger partial charge in [0.15, 0.2) is 0 Å². The van der Waals surface area contributed by atoms with Crippen LogP contribution in [0.5, 0.6) is 0 Å². The van der Waals surface area contributed by atoms with Gasteiger partial charge in [-0.15, -0.1) is 0 Å². The Bertz CT molecular complexity index is 608. The number of benzene rings is 1. The van der Waals surface area contributed by atoms with Crippen LogP contribution in [0.2, 0.25) is 0 Å². The molecule has 1 rings (SSSR count). The SMILES string of the molecule is CN(C(=O)N[C@@H](CC(N)=O)C(=O)O)c1ccccc1C#N. The average Bonchev–Trinajstić information content (AvgIpc) is 2.45. The summed E-state index contributed by atoms with van der Waals surface area (Å²) >= 11 is 0. The predicted octanol–water partition coefficient (Wildman–Crippen LogP) is 0.0327. The highest BCUT2D eigenvalue weighted by molar-refractivity contribution is 5.96. The van der Waals surface area contributed by atoms with Crippen LogP contribution in [0.1, 0.15) is 12.0 Å². The Kier molecular flexibility index (Phi) is 5.25. The summed E-state index contributed by atoms with van der Waals surface area (Å²) in [6, 6.07) is 6.09. The highest BCUT2D eigenvalue weighted by Crippen LogP contribution is 2.18. The van der Waals surface area contributed by atoms with E-state index in [1.54, 1.807) is 18.2 Å². The summed E-state index contributed by atoms with van der Waals surface area (Å²) in [6.07, 6.45) is -0.519. The highest BCUT2D eigenvalue weighted by atomic mass is 16.4. The first-order valence-electron chi connectivity index (χ1n) is 5.91. The number of nitrogens with one attached hydrogen (secondary N) is 1. The third kappa shape index (κ3) is 4.21. The lowest BCUT2D eigenvalue weighted by molar-refractivity contribution is -0.140. The Labute approximate surface area is 120 Å². The molecule has 8 heteroatoms. The van der Waals surface area contributed by atoms with Gasteiger partial charge in [-0.1, -0.05) is 12.1 Å². The first-order valence-corrected chi connectivity index (χ1v) is 5.91. The average molecular weight is 290 g/mol. The number of carboxylic acid groups (broad SMARTS) is 1. The molecule has 0 bridgehead atoms. The molecule has 8 nitrogen and oxygen atoms in total. The van der Waals surface area contributed by atoms with E-state index < -0.39 is 30.4 Å². The number of urea groups is 1. The van der Waals surface area contributed by atoms with E-state index in [9.17, 15) is 14.4 Å². The number of carboxylic acids is 1. The van der Waals surface area contributed by atoms with Crippen molar-refractivity contribution in [3.05, 3.63) is 29.8 Å². The fourth-order valence-electron chi connectivity index (χ4n) is 1.62. The molecule has 0 unspecified atom stereocenters. The maximum Gasteiger partial charge on any atom is 0.326 e. The van der Waals surface area contributed by atoms with Crippen LogP contribution >= 0.6 is 0 Å². The van der Waals surface area contributed by atoms with E-state index in [1.165, 1.54) is 13.1 Å². The minimum Gasteiger partial charge on any atom is -0.480 e. The van der Waals surface area contributed by atoms with Crippen molar-refractivity contribution in [2.75, 3.05) is 11.9 Å². The third-order valence-electron chi connectivity index (χ3n) is 2.69. The molecule has 0 radical (unpaired) electrons. The molecule has 0 aliphatic carbocycles. The fourth-order valence-corrected chi connectivity index (χ4v) is 1.62. The zero-order valence-electron chi connectivity index (χ0n) is 11.2. The quantitative estimate of drug-likeness (QED) is 0.702. The predicted molar refractivity (Wildman–Crippen MR) is 73.3 cm³/mol. The smallest absolute Gasteiger partial charge is 0.326 e. The van der Waals surface area contributed by atoms with Gasteiger partial charge in [-0.3, -0.25) is 9.69 Å². The second-order valence-electron chi connectivity index (χ2n) is 4.20. The molecule has 1 aromatic rings. The summed E-state index contributed by atoms with van der Waals surface area (Å²) in [5.41, 5.74) is 5.51. The normalized spacial score (nSPS) is 11.0. The molecule has 110 valence electrons. The molecule has 1 aromatic carbocycles. The largest absolute Gasteiger partial charge is 0.480 e. The Morgan fingerprint density at radius 1 is 1.43 bits per heavy atom. The molecule has 21 heavy (non-hydrogen) atoms. The summed E-state index contributed by atoms with van der Waals surface area (Å²) in [7, 11) is 1.38. The number of anilines is 1. The Morgan fingerprint density at radius 2 is 2.05 bits per heavy atom. The number of rotatable bonds is 5. The van der Waals surface area contributed by atoms with Crippen molar-refractivity contribution < 1.29 is 19.5 Å². The maximum atomic E-state index is 12.0. The Hall–Kier alpha value is -3.08. The van der Waals surface area contributed by atoms with Crippen molar-refractivity contribution in [2.45, 2.75) is 12.5 Å². The van der Waals surface area contributed by atoms with Gasteiger partial charge in [0.05, 0.1) is 17.7 Å². The molecule has 4 N–H and O–H groups in total. The number of hydrogen-bond donors (Lipinski definition) is 3. The molecular weight excluding hydrogens is 276 g/mol. The van der Waals surface area contributed by atoms with Gasteiger partial charge in [-0.25, -0.2) is 9.59 Å². The zero-order valence-corrected chi connectivity index (χ0v) is 11.2. The number of para-hydroxylation sites is 1. The molecule has 0 aliphatic heterocycles. The second kappa shape index (κ2) is 6.91. The van der Waals surface area contributed by atoms with Crippen LogP contribution in [0.4, 0.5) is 10.5 Å². The number of nitriles is 1. The first kappa shape index (κ1) is 16.0. The first-order chi connectivity index (χ1) is 9.86. The molecule has 0 saturated carbocycles. The van der Waals surface area contributed by atoms with E-state index in [4.69, 9.17) is 16.1 Å². The molecule has 3 amide bonds. The lowest BCUT2D eigenvalue weighted by Gasteiger charge is -2.21. The van der Waals surface area contributed by atoms with Crippen molar-refractivity contribution in [2.24, 2.45) is 5.73 Å². The number of aliphatic carboxylic acids is 1. The number of hydrogen-bond acceptors (Lipinski definition) is 4. The molecule has 0 fully saturated rings. The molecule has 0 saturated heterocycles. The van der Waals surface area contributed by atoms with Gasteiger partial charge in [-0.05, 0) is 12.1 Å². The monoisotopic (exact) mass is 290 g/mol. The number of nitrogens with two attached hydrogens (primary N) is 1. The summed E-state index contributed by atoms with van der Waals surface area (Å²) in [5.74, 6) is -2.22. The minimum atomic E-state index is -1.42.